The van der Waals surface area contributed by atoms with Crippen molar-refractivity contribution < 1.29 is 37.6 Å². The van der Waals surface area contributed by atoms with Crippen LogP contribution in [-0.2, 0) is 23.4 Å². The molecule has 12 nitrogen and oxygen atoms in total. The zero-order valence-electron chi connectivity index (χ0n) is 21.1. The number of carbonyl (C=O) groups is 1. The number of nitrogens with one attached hydrogen (secondary N) is 1. The fourth-order valence-corrected chi connectivity index (χ4v) is 7.37. The van der Waals surface area contributed by atoms with Crippen molar-refractivity contribution >= 4 is 35.2 Å². The van der Waals surface area contributed by atoms with Gasteiger partial charge in [0.05, 0.1) is 26.1 Å². The zero-order chi connectivity index (χ0) is 26.7. The fraction of sp³-hybridized carbons (Fsp3) is 0.714. The summed E-state index contributed by atoms with van der Waals surface area (Å²) in [6.45, 7) is 6.14. The Balaban J connectivity index is 1.81. The van der Waals surface area contributed by atoms with Gasteiger partial charge < -0.3 is 23.8 Å². The van der Waals surface area contributed by atoms with Crippen molar-refractivity contribution in [2.24, 2.45) is 0 Å². The molecule has 0 amide bonds. The Labute approximate surface area is 212 Å². The molecule has 0 saturated carbocycles. The first-order valence-electron chi connectivity index (χ1n) is 11.7. The molecule has 1 fully saturated rings. The van der Waals surface area contributed by atoms with Crippen LogP contribution >= 0.6 is 18.1 Å². The van der Waals surface area contributed by atoms with Gasteiger partial charge in [0.25, 0.3) is 0 Å². The quantitative estimate of drug-likeness (QED) is 0.296. The van der Waals surface area contributed by atoms with Crippen molar-refractivity contribution in [3.05, 3.63) is 12.2 Å². The number of esters is 1. The highest BCUT2D eigenvalue weighted by atomic mass is 32.7. The molecule has 2 aromatic rings. The molecular weight excluding hydrogens is 516 g/mol. The van der Waals surface area contributed by atoms with Gasteiger partial charge in [0.15, 0.2) is 23.1 Å². The molecule has 2 aromatic heterocycles. The molecule has 0 aromatic carbocycles. The maximum absolute atomic E-state index is 15.8. The summed E-state index contributed by atoms with van der Waals surface area (Å²) >= 11 is 0.973. The van der Waals surface area contributed by atoms with Crippen molar-refractivity contribution in [1.29, 1.82) is 0 Å². The van der Waals surface area contributed by atoms with Gasteiger partial charge in [-0.2, -0.15) is 4.98 Å². The first kappa shape index (κ1) is 28.7. The summed E-state index contributed by atoms with van der Waals surface area (Å²) in [4.78, 5) is 24.8. The lowest BCUT2D eigenvalue weighted by Crippen LogP contribution is -2.41. The Hall–Kier alpha value is -1.83. The number of rotatable bonds is 12. The number of alkyl halides is 1. The minimum Gasteiger partial charge on any atom is -0.476 e. The van der Waals surface area contributed by atoms with Gasteiger partial charge in [-0.15, -0.1) is 0 Å². The van der Waals surface area contributed by atoms with Gasteiger partial charge in [-0.1, -0.05) is 18.3 Å². The molecule has 36 heavy (non-hydrogen) atoms. The zero-order valence-corrected chi connectivity index (χ0v) is 22.8. The number of hydrogen-bond acceptors (Lipinski definition) is 11. The van der Waals surface area contributed by atoms with Crippen molar-refractivity contribution in [3.63, 3.8) is 0 Å². The normalized spacial score (nSPS) is 26.6. The van der Waals surface area contributed by atoms with Crippen LogP contribution in [0.2, 0.25) is 0 Å². The summed E-state index contributed by atoms with van der Waals surface area (Å²) in [5.74, 6) is 0.491. The molecule has 0 radical (unpaired) electrons. The number of aryl methyl sites for hydroxylation is 1. The molecule has 15 heteroatoms. The predicted octanol–water partition coefficient (Wildman–Crippen LogP) is 2.94. The van der Waals surface area contributed by atoms with E-state index in [0.717, 1.165) is 11.4 Å². The average Bonchev–Trinajstić information content (AvgIpc) is 3.31. The second kappa shape index (κ2) is 11.7. The second-order valence-electron chi connectivity index (χ2n) is 8.27. The molecule has 1 saturated heterocycles. The van der Waals surface area contributed by atoms with E-state index >= 15 is 4.39 Å². The summed E-state index contributed by atoms with van der Waals surface area (Å²) in [7, 11) is 0. The molecule has 6 atom stereocenters. The van der Waals surface area contributed by atoms with Crippen molar-refractivity contribution in [1.82, 2.24) is 24.6 Å². The molecule has 2 N–H and O–H groups in total. The number of fused-ring (bicyclic) bond motifs is 1. The number of aromatic nitrogens is 4. The van der Waals surface area contributed by atoms with Gasteiger partial charge in [0.1, 0.15) is 24.1 Å². The summed E-state index contributed by atoms with van der Waals surface area (Å²) in [6.07, 6.45) is -2.74. The number of nitrogens with zero attached hydrogens (tertiary/aromatic N) is 4. The molecule has 3 rings (SSSR count). The minimum atomic E-state index is -3.62. The summed E-state index contributed by atoms with van der Waals surface area (Å²) in [5, 5.41) is 13.4. The number of imidazole rings is 1. The molecule has 0 bridgehead atoms. The van der Waals surface area contributed by atoms with Crippen LogP contribution in [0.15, 0.2) is 6.33 Å². The van der Waals surface area contributed by atoms with Crippen LogP contribution in [0.3, 0.4) is 0 Å². The summed E-state index contributed by atoms with van der Waals surface area (Å²) in [6, 6.07) is -0.900. The smallest absolute Gasteiger partial charge is 0.327 e. The fourth-order valence-electron chi connectivity index (χ4n) is 3.76. The highest BCUT2D eigenvalue weighted by Gasteiger charge is 2.56. The minimum absolute atomic E-state index is 0.176. The molecule has 202 valence electrons. The van der Waals surface area contributed by atoms with Gasteiger partial charge in [-0.25, -0.2) is 19.4 Å². The van der Waals surface area contributed by atoms with E-state index < -0.39 is 49.4 Å². The topological polar surface area (TPSA) is 147 Å². The first-order chi connectivity index (χ1) is 17.0. The molecule has 0 spiro atoms. The van der Waals surface area contributed by atoms with Crippen LogP contribution in [0.25, 0.3) is 11.2 Å². The number of halogens is 1. The van der Waals surface area contributed by atoms with Crippen LogP contribution in [-0.4, -0.2) is 80.1 Å². The lowest BCUT2D eigenvalue weighted by molar-refractivity contribution is -0.144. The largest absolute Gasteiger partial charge is 0.476 e. The molecular formula is C21H33FN5O7PS. The SMILES string of the molecule is CCOC(=O)[C@@H](C)N[P@](=O)(OC[C@H]1O[C@@H](n2cnc3c(OCC)nc(C)nc32)[C@](C)(F)[C@@H]1O)SCC. The van der Waals surface area contributed by atoms with E-state index in [-0.39, 0.29) is 18.1 Å². The Morgan fingerprint density at radius 2 is 2.11 bits per heavy atom. The van der Waals surface area contributed by atoms with E-state index in [1.54, 1.807) is 27.7 Å². The van der Waals surface area contributed by atoms with Crippen LogP contribution in [0.1, 0.15) is 46.7 Å². The first-order valence-corrected chi connectivity index (χ1v) is 14.9. The van der Waals surface area contributed by atoms with E-state index in [4.69, 9.17) is 18.7 Å². The standard InChI is InChI=1S/C21H33FN5O7PS/c1-7-31-18-15-17(24-13(5)25-18)27(11-23-15)20-21(6,22)16(28)14(34-20)10-33-35(30,36-9-3)26-12(4)19(29)32-8-2/h11-12,14,16,20,28H,7-10H2,1-6H3,(H,26,30)/t12-,14-,16-,20-,21-,35+/m1/s1. The maximum atomic E-state index is 15.8. The third-order valence-electron chi connectivity index (χ3n) is 5.45. The molecule has 1 aliphatic heterocycles. The monoisotopic (exact) mass is 549 g/mol. The maximum Gasteiger partial charge on any atom is 0.327 e. The lowest BCUT2D eigenvalue weighted by Gasteiger charge is -2.25. The van der Waals surface area contributed by atoms with E-state index in [9.17, 15) is 14.5 Å². The number of aliphatic hydroxyl groups is 1. The van der Waals surface area contributed by atoms with Gasteiger partial charge in [0, 0.05) is 5.75 Å². The van der Waals surface area contributed by atoms with Crippen molar-refractivity contribution in [3.8, 4) is 5.88 Å². The molecule has 1 aliphatic rings. The molecule has 0 aliphatic carbocycles. The van der Waals surface area contributed by atoms with E-state index in [2.05, 4.69) is 20.0 Å². The average molecular weight is 550 g/mol. The van der Waals surface area contributed by atoms with Crippen LogP contribution in [0, 0.1) is 6.92 Å². The van der Waals surface area contributed by atoms with Gasteiger partial charge in [0.2, 0.25) is 5.88 Å². The Morgan fingerprint density at radius 1 is 1.39 bits per heavy atom. The van der Waals surface area contributed by atoms with Gasteiger partial charge in [-0.05, 0) is 34.6 Å². The van der Waals surface area contributed by atoms with E-state index in [1.165, 1.54) is 24.7 Å². The third kappa shape index (κ3) is 6.00. The Morgan fingerprint density at radius 3 is 2.75 bits per heavy atom. The summed E-state index contributed by atoms with van der Waals surface area (Å²) < 4.78 is 52.5. The van der Waals surface area contributed by atoms with Crippen LogP contribution < -0.4 is 9.82 Å². The van der Waals surface area contributed by atoms with Crippen LogP contribution in [0.4, 0.5) is 4.39 Å². The lowest BCUT2D eigenvalue weighted by atomic mass is 9.98. The molecule has 0 unspecified atom stereocenters. The highest BCUT2D eigenvalue weighted by Crippen LogP contribution is 2.57. The highest BCUT2D eigenvalue weighted by molar-refractivity contribution is 8.56. The van der Waals surface area contributed by atoms with Crippen molar-refractivity contribution in [2.45, 2.75) is 71.7 Å². The Kier molecular flexibility index (Phi) is 9.34. The van der Waals surface area contributed by atoms with Gasteiger partial charge >= 0.3 is 12.7 Å². The third-order valence-corrected chi connectivity index (χ3v) is 9.67. The second-order valence-corrected chi connectivity index (χ2v) is 12.8. The number of ether oxygens (including phenoxy) is 3. The van der Waals surface area contributed by atoms with Crippen LogP contribution in [0.5, 0.6) is 5.88 Å². The predicted molar refractivity (Wildman–Crippen MR) is 132 cm³/mol. The van der Waals surface area contributed by atoms with E-state index in [1.807, 2.05) is 0 Å². The number of hydrogen-bond donors (Lipinski definition) is 2. The van der Waals surface area contributed by atoms with E-state index in [0.29, 0.717) is 23.7 Å². The number of aliphatic hydroxyl groups excluding tert-OH is 1. The van der Waals surface area contributed by atoms with Gasteiger partial charge in [-0.3, -0.25) is 13.9 Å². The van der Waals surface area contributed by atoms with Crippen molar-refractivity contribution in [2.75, 3.05) is 25.6 Å². The summed E-state index contributed by atoms with van der Waals surface area (Å²) in [5.41, 5.74) is -1.65. The Bertz CT molecular complexity index is 1120. The number of carbonyl (C=O) groups excluding carboxylic acids is 1. The molecule has 3 heterocycles.